The highest BCUT2D eigenvalue weighted by molar-refractivity contribution is 5.87. The molecule has 0 aliphatic heterocycles. The number of methoxy groups -OCH3 is 2. The highest BCUT2D eigenvalue weighted by Crippen LogP contribution is 2.11. The Morgan fingerprint density at radius 3 is 2.00 bits per heavy atom. The average molecular weight is 441 g/mol. The van der Waals surface area contributed by atoms with Gasteiger partial charge < -0.3 is 19.7 Å². The van der Waals surface area contributed by atoms with Crippen LogP contribution in [0.25, 0.3) is 0 Å². The molecule has 0 fully saturated rings. The molecule has 1 atom stereocenters. The normalized spacial score (nSPS) is 11.3. The average Bonchev–Trinajstić information content (AvgIpc) is 2.78. The van der Waals surface area contributed by atoms with E-state index in [1.165, 1.54) is 20.3 Å². The predicted octanol–water partition coefficient (Wildman–Crippen LogP) is 3.14. The number of likely N-dealkylation sites (N-methyl/N-ethyl adjacent to an activating group) is 1. The molecule has 0 aliphatic carbocycles. The molecular formula is C23H40N2O6. The SMILES string of the molecule is C=CC(=O)N(CC)CCCCCCCCCCC(=O)N[C@@H](CCC(=O)OC)C(=O)OC. The summed E-state index contributed by atoms with van der Waals surface area (Å²) in [6.07, 6.45) is 10.2. The van der Waals surface area contributed by atoms with Crippen LogP contribution >= 0.6 is 0 Å². The minimum absolute atomic E-state index is 0.00657. The lowest BCUT2D eigenvalue weighted by Crippen LogP contribution is -2.41. The minimum Gasteiger partial charge on any atom is -0.469 e. The molecule has 0 saturated carbocycles. The van der Waals surface area contributed by atoms with Gasteiger partial charge in [-0.15, -0.1) is 0 Å². The fourth-order valence-electron chi connectivity index (χ4n) is 3.22. The third-order valence-corrected chi connectivity index (χ3v) is 5.14. The van der Waals surface area contributed by atoms with Crippen molar-refractivity contribution in [3.05, 3.63) is 12.7 Å². The maximum Gasteiger partial charge on any atom is 0.328 e. The Labute approximate surface area is 186 Å². The van der Waals surface area contributed by atoms with Crippen LogP contribution in [-0.4, -0.2) is 62.0 Å². The van der Waals surface area contributed by atoms with Gasteiger partial charge in [0.25, 0.3) is 0 Å². The van der Waals surface area contributed by atoms with E-state index in [0.717, 1.165) is 57.9 Å². The van der Waals surface area contributed by atoms with Gasteiger partial charge in [-0.1, -0.05) is 45.1 Å². The zero-order chi connectivity index (χ0) is 23.5. The molecule has 0 saturated heterocycles. The Hall–Kier alpha value is -2.38. The molecule has 0 aromatic rings. The van der Waals surface area contributed by atoms with Crippen LogP contribution < -0.4 is 5.32 Å². The first-order valence-corrected chi connectivity index (χ1v) is 11.2. The first-order valence-electron chi connectivity index (χ1n) is 11.2. The van der Waals surface area contributed by atoms with Crippen LogP contribution in [0.1, 0.15) is 77.6 Å². The van der Waals surface area contributed by atoms with Gasteiger partial charge in [0.1, 0.15) is 6.04 Å². The number of unbranched alkanes of at least 4 members (excludes halogenated alkanes) is 7. The van der Waals surface area contributed by atoms with Crippen LogP contribution in [0, 0.1) is 0 Å². The molecule has 31 heavy (non-hydrogen) atoms. The first kappa shape index (κ1) is 28.6. The van der Waals surface area contributed by atoms with Crippen molar-refractivity contribution in [2.45, 2.75) is 83.6 Å². The van der Waals surface area contributed by atoms with Gasteiger partial charge in [-0.25, -0.2) is 4.79 Å². The summed E-state index contributed by atoms with van der Waals surface area (Å²) in [6.45, 7) is 6.99. The van der Waals surface area contributed by atoms with Gasteiger partial charge in [-0.2, -0.15) is 0 Å². The van der Waals surface area contributed by atoms with E-state index in [-0.39, 0.29) is 24.7 Å². The summed E-state index contributed by atoms with van der Waals surface area (Å²) in [7, 11) is 2.53. The molecule has 8 nitrogen and oxygen atoms in total. The van der Waals surface area contributed by atoms with E-state index in [1.807, 2.05) is 6.92 Å². The molecule has 0 rings (SSSR count). The Kier molecular flexibility index (Phi) is 17.0. The maximum absolute atomic E-state index is 12.1. The van der Waals surface area contributed by atoms with Crippen LogP contribution in [0.15, 0.2) is 12.7 Å². The molecule has 0 aliphatic rings. The van der Waals surface area contributed by atoms with Crippen LogP contribution in [0.4, 0.5) is 0 Å². The van der Waals surface area contributed by atoms with E-state index < -0.39 is 18.0 Å². The molecule has 0 radical (unpaired) electrons. The Bertz CT molecular complexity index is 564. The lowest BCUT2D eigenvalue weighted by Gasteiger charge is -2.18. The van der Waals surface area contributed by atoms with Crippen molar-refractivity contribution in [3.8, 4) is 0 Å². The zero-order valence-electron chi connectivity index (χ0n) is 19.5. The predicted molar refractivity (Wildman–Crippen MR) is 119 cm³/mol. The van der Waals surface area contributed by atoms with Gasteiger partial charge in [0.2, 0.25) is 11.8 Å². The molecule has 0 bridgehead atoms. The summed E-state index contributed by atoms with van der Waals surface area (Å²) in [4.78, 5) is 48.5. The van der Waals surface area contributed by atoms with Crippen molar-refractivity contribution >= 4 is 23.8 Å². The summed E-state index contributed by atoms with van der Waals surface area (Å²) in [6, 6.07) is -0.831. The Morgan fingerprint density at radius 2 is 1.48 bits per heavy atom. The smallest absolute Gasteiger partial charge is 0.328 e. The highest BCUT2D eigenvalue weighted by Gasteiger charge is 2.22. The van der Waals surface area contributed by atoms with Gasteiger partial charge in [0.15, 0.2) is 0 Å². The fourth-order valence-corrected chi connectivity index (χ4v) is 3.22. The molecule has 8 heteroatoms. The number of ether oxygens (including phenoxy) is 2. The quantitative estimate of drug-likeness (QED) is 0.200. The molecule has 2 amide bonds. The van der Waals surface area contributed by atoms with Crippen LogP contribution in [0.5, 0.6) is 0 Å². The molecule has 0 aromatic heterocycles. The topological polar surface area (TPSA) is 102 Å². The molecule has 1 N–H and O–H groups in total. The third kappa shape index (κ3) is 14.3. The number of hydrogen-bond acceptors (Lipinski definition) is 6. The van der Waals surface area contributed by atoms with Gasteiger partial charge >= 0.3 is 11.9 Å². The van der Waals surface area contributed by atoms with Crippen molar-refractivity contribution in [2.75, 3.05) is 27.3 Å². The van der Waals surface area contributed by atoms with Crippen LogP contribution in [-0.2, 0) is 28.7 Å². The van der Waals surface area contributed by atoms with E-state index in [4.69, 9.17) is 0 Å². The highest BCUT2D eigenvalue weighted by atomic mass is 16.5. The van der Waals surface area contributed by atoms with Crippen LogP contribution in [0.3, 0.4) is 0 Å². The summed E-state index contributed by atoms with van der Waals surface area (Å²) < 4.78 is 9.24. The second-order valence-electron chi connectivity index (χ2n) is 7.46. The van der Waals surface area contributed by atoms with E-state index in [2.05, 4.69) is 21.4 Å². The zero-order valence-corrected chi connectivity index (χ0v) is 19.5. The molecule has 178 valence electrons. The van der Waals surface area contributed by atoms with Crippen molar-refractivity contribution in [1.29, 1.82) is 0 Å². The van der Waals surface area contributed by atoms with Crippen molar-refractivity contribution < 1.29 is 28.7 Å². The number of carbonyl (C=O) groups is 4. The minimum atomic E-state index is -0.831. The number of esters is 2. The second-order valence-corrected chi connectivity index (χ2v) is 7.46. The van der Waals surface area contributed by atoms with Gasteiger partial charge in [-0.3, -0.25) is 14.4 Å². The van der Waals surface area contributed by atoms with E-state index in [9.17, 15) is 19.2 Å². The van der Waals surface area contributed by atoms with E-state index >= 15 is 0 Å². The monoisotopic (exact) mass is 440 g/mol. The summed E-state index contributed by atoms with van der Waals surface area (Å²) in [5.74, 6) is -1.22. The second kappa shape index (κ2) is 18.4. The number of rotatable bonds is 18. The standard InChI is InChI=1S/C23H40N2O6/c1-5-21(27)25(6-2)18-14-12-10-8-7-9-11-13-15-20(26)24-19(23(29)31-4)16-17-22(28)30-3/h5,19H,1,6-18H2,2-4H3,(H,24,26)/t19-/m0/s1. The first-order chi connectivity index (χ1) is 14.9. The number of nitrogens with zero attached hydrogens (tertiary/aromatic N) is 1. The summed E-state index contributed by atoms with van der Waals surface area (Å²) in [5, 5.41) is 2.64. The third-order valence-electron chi connectivity index (χ3n) is 5.14. The molecule has 0 unspecified atom stereocenters. The van der Waals surface area contributed by atoms with Crippen molar-refractivity contribution in [2.24, 2.45) is 0 Å². The summed E-state index contributed by atoms with van der Waals surface area (Å²) >= 11 is 0. The lowest BCUT2D eigenvalue weighted by atomic mass is 10.1. The number of amides is 2. The molecule has 0 heterocycles. The van der Waals surface area contributed by atoms with E-state index in [0.29, 0.717) is 13.0 Å². The number of hydrogen-bond donors (Lipinski definition) is 1. The number of nitrogens with one attached hydrogen (secondary N) is 1. The lowest BCUT2D eigenvalue weighted by molar-refractivity contribution is -0.146. The Balaban J connectivity index is 3.83. The summed E-state index contributed by atoms with van der Waals surface area (Å²) in [5.41, 5.74) is 0. The largest absolute Gasteiger partial charge is 0.469 e. The molecule has 0 spiro atoms. The fraction of sp³-hybridized carbons (Fsp3) is 0.739. The van der Waals surface area contributed by atoms with Crippen molar-refractivity contribution in [3.63, 3.8) is 0 Å². The molecular weight excluding hydrogens is 400 g/mol. The van der Waals surface area contributed by atoms with E-state index in [1.54, 1.807) is 4.90 Å². The number of carbonyl (C=O) groups excluding carboxylic acids is 4. The molecule has 0 aromatic carbocycles. The van der Waals surface area contributed by atoms with Crippen molar-refractivity contribution in [1.82, 2.24) is 10.2 Å². The van der Waals surface area contributed by atoms with Gasteiger partial charge in [-0.05, 0) is 32.3 Å². The van der Waals surface area contributed by atoms with Crippen LogP contribution in [0.2, 0.25) is 0 Å². The Morgan fingerprint density at radius 1 is 0.903 bits per heavy atom. The van der Waals surface area contributed by atoms with Gasteiger partial charge in [0.05, 0.1) is 14.2 Å². The maximum atomic E-state index is 12.1. The van der Waals surface area contributed by atoms with Gasteiger partial charge in [0, 0.05) is 25.9 Å².